The lowest BCUT2D eigenvalue weighted by Crippen LogP contribution is -2.13. The van der Waals surface area contributed by atoms with Gasteiger partial charge in [-0.25, -0.2) is 9.37 Å². The molecule has 0 atom stereocenters. The first-order valence-corrected chi connectivity index (χ1v) is 8.74. The van der Waals surface area contributed by atoms with E-state index in [1.54, 1.807) is 37.4 Å². The molecule has 1 N–H and O–H groups in total. The number of methoxy groups -OCH3 is 2. The molecule has 2 aromatic carbocycles. The highest BCUT2D eigenvalue weighted by atomic mass is 19.1. The Balaban J connectivity index is 1.63. The van der Waals surface area contributed by atoms with Crippen molar-refractivity contribution in [3.63, 3.8) is 0 Å². The second-order valence-corrected chi connectivity index (χ2v) is 6.17. The molecule has 0 bridgehead atoms. The summed E-state index contributed by atoms with van der Waals surface area (Å²) in [6.45, 7) is 1.87. The molecule has 0 saturated heterocycles. The number of benzene rings is 2. The molecule has 7 heteroatoms. The number of nitrogens with zero attached hydrogens (tertiary/aromatic N) is 1. The van der Waals surface area contributed by atoms with Crippen molar-refractivity contribution in [2.24, 2.45) is 0 Å². The zero-order chi connectivity index (χ0) is 20.1. The molecular formula is C21H21FN2O4. The fourth-order valence-electron chi connectivity index (χ4n) is 2.76. The van der Waals surface area contributed by atoms with Crippen LogP contribution in [0.15, 0.2) is 47.0 Å². The summed E-state index contributed by atoms with van der Waals surface area (Å²) in [6.07, 6.45) is 1.93. The maximum absolute atomic E-state index is 13.8. The minimum atomic E-state index is -0.383. The Morgan fingerprint density at radius 3 is 2.61 bits per heavy atom. The Morgan fingerprint density at radius 1 is 1.18 bits per heavy atom. The number of anilines is 1. The summed E-state index contributed by atoms with van der Waals surface area (Å²) in [7, 11) is 3.09. The molecule has 0 fully saturated rings. The van der Waals surface area contributed by atoms with Gasteiger partial charge in [0.2, 0.25) is 5.91 Å². The van der Waals surface area contributed by atoms with Gasteiger partial charge in [0.15, 0.2) is 23.1 Å². The molecule has 1 amide bonds. The average Bonchev–Trinajstić information content (AvgIpc) is 3.16. The highest BCUT2D eigenvalue weighted by Gasteiger charge is 2.14. The summed E-state index contributed by atoms with van der Waals surface area (Å²) in [5, 5.41) is 2.85. The summed E-state index contributed by atoms with van der Waals surface area (Å²) in [5.41, 5.74) is 1.83. The smallest absolute Gasteiger partial charge is 0.224 e. The van der Waals surface area contributed by atoms with E-state index in [9.17, 15) is 9.18 Å². The van der Waals surface area contributed by atoms with Crippen molar-refractivity contribution in [1.29, 1.82) is 0 Å². The Labute approximate surface area is 162 Å². The average molecular weight is 384 g/mol. The van der Waals surface area contributed by atoms with Gasteiger partial charge in [-0.15, -0.1) is 0 Å². The van der Waals surface area contributed by atoms with Gasteiger partial charge in [0.25, 0.3) is 0 Å². The molecule has 3 aromatic rings. The Kier molecular flexibility index (Phi) is 5.93. The van der Waals surface area contributed by atoms with Gasteiger partial charge in [0.05, 0.1) is 26.0 Å². The standard InChI is InChI=1S/C21H21FN2O4/c1-13-10-17(26-2)18(27-3)11-16(13)24-20(25)8-9-21-23-12-19(28-21)14-6-4-5-7-15(14)22/h4-7,10-12H,8-9H2,1-3H3,(H,24,25). The zero-order valence-corrected chi connectivity index (χ0v) is 15.9. The van der Waals surface area contributed by atoms with Crippen LogP contribution in [0.4, 0.5) is 10.1 Å². The first kappa shape index (κ1) is 19.4. The topological polar surface area (TPSA) is 73.6 Å². The van der Waals surface area contributed by atoms with Gasteiger partial charge in [-0.05, 0) is 30.7 Å². The van der Waals surface area contributed by atoms with Crippen molar-refractivity contribution in [2.75, 3.05) is 19.5 Å². The van der Waals surface area contributed by atoms with Crippen LogP contribution in [0, 0.1) is 12.7 Å². The highest BCUT2D eigenvalue weighted by molar-refractivity contribution is 5.92. The van der Waals surface area contributed by atoms with Crippen molar-refractivity contribution in [2.45, 2.75) is 19.8 Å². The normalized spacial score (nSPS) is 10.6. The van der Waals surface area contributed by atoms with Gasteiger partial charge >= 0.3 is 0 Å². The molecule has 0 radical (unpaired) electrons. The summed E-state index contributed by atoms with van der Waals surface area (Å²) in [6, 6.07) is 9.81. The molecule has 0 aliphatic carbocycles. The van der Waals surface area contributed by atoms with Crippen LogP contribution in [-0.2, 0) is 11.2 Å². The molecule has 146 valence electrons. The van der Waals surface area contributed by atoms with Crippen molar-refractivity contribution in [3.8, 4) is 22.8 Å². The molecule has 3 rings (SSSR count). The fourth-order valence-corrected chi connectivity index (χ4v) is 2.76. The number of hydrogen-bond donors (Lipinski definition) is 1. The molecule has 0 unspecified atom stereocenters. The SMILES string of the molecule is COc1cc(C)c(NC(=O)CCc2ncc(-c3ccccc3F)o2)cc1OC. The predicted molar refractivity (Wildman–Crippen MR) is 103 cm³/mol. The Bertz CT molecular complexity index is 984. The van der Waals surface area contributed by atoms with Crippen LogP contribution in [0.25, 0.3) is 11.3 Å². The third-order valence-electron chi connectivity index (χ3n) is 4.26. The number of ether oxygens (including phenoxy) is 2. The van der Waals surface area contributed by atoms with Crippen molar-refractivity contribution in [3.05, 3.63) is 59.9 Å². The Hall–Kier alpha value is -3.35. The lowest BCUT2D eigenvalue weighted by molar-refractivity contribution is -0.116. The zero-order valence-electron chi connectivity index (χ0n) is 15.9. The van der Waals surface area contributed by atoms with E-state index in [-0.39, 0.29) is 18.1 Å². The summed E-state index contributed by atoms with van der Waals surface area (Å²) in [4.78, 5) is 16.4. The molecule has 0 aliphatic heterocycles. The van der Waals surface area contributed by atoms with E-state index < -0.39 is 0 Å². The van der Waals surface area contributed by atoms with Crippen LogP contribution in [0.5, 0.6) is 11.5 Å². The number of oxazole rings is 1. The van der Waals surface area contributed by atoms with E-state index in [1.165, 1.54) is 19.4 Å². The molecule has 6 nitrogen and oxygen atoms in total. The summed E-state index contributed by atoms with van der Waals surface area (Å²) >= 11 is 0. The maximum Gasteiger partial charge on any atom is 0.224 e. The first-order chi connectivity index (χ1) is 13.5. The van der Waals surface area contributed by atoms with Crippen LogP contribution in [-0.4, -0.2) is 25.1 Å². The van der Waals surface area contributed by atoms with E-state index >= 15 is 0 Å². The van der Waals surface area contributed by atoms with Gasteiger partial charge in [-0.2, -0.15) is 0 Å². The van der Waals surface area contributed by atoms with Crippen molar-refractivity contribution in [1.82, 2.24) is 4.98 Å². The maximum atomic E-state index is 13.8. The number of hydrogen-bond acceptors (Lipinski definition) is 5. The molecule has 0 saturated carbocycles. The number of nitrogens with one attached hydrogen (secondary N) is 1. The molecule has 0 spiro atoms. The number of aromatic nitrogens is 1. The van der Waals surface area contributed by atoms with Gasteiger partial charge in [-0.3, -0.25) is 4.79 Å². The second-order valence-electron chi connectivity index (χ2n) is 6.17. The number of rotatable bonds is 7. The minimum absolute atomic E-state index is 0.172. The second kappa shape index (κ2) is 8.56. The molecular weight excluding hydrogens is 363 g/mol. The lowest BCUT2D eigenvalue weighted by atomic mass is 10.1. The number of carbonyl (C=O) groups is 1. The van der Waals surface area contributed by atoms with Crippen LogP contribution in [0.2, 0.25) is 0 Å². The summed E-state index contributed by atoms with van der Waals surface area (Å²) < 4.78 is 29.9. The molecule has 0 aliphatic rings. The summed E-state index contributed by atoms with van der Waals surface area (Å²) in [5.74, 6) is 1.26. The molecule has 28 heavy (non-hydrogen) atoms. The molecule has 1 heterocycles. The van der Waals surface area contributed by atoms with Crippen LogP contribution < -0.4 is 14.8 Å². The molecule has 1 aromatic heterocycles. The van der Waals surface area contributed by atoms with E-state index in [0.29, 0.717) is 40.8 Å². The van der Waals surface area contributed by atoms with Crippen LogP contribution in [0.1, 0.15) is 17.9 Å². The largest absolute Gasteiger partial charge is 0.493 e. The van der Waals surface area contributed by atoms with Crippen molar-refractivity contribution >= 4 is 11.6 Å². The van der Waals surface area contributed by atoms with E-state index in [4.69, 9.17) is 13.9 Å². The van der Waals surface area contributed by atoms with Gasteiger partial charge in [-0.1, -0.05) is 12.1 Å². The van der Waals surface area contributed by atoms with Crippen LogP contribution in [0.3, 0.4) is 0 Å². The first-order valence-electron chi connectivity index (χ1n) is 8.74. The van der Waals surface area contributed by atoms with E-state index in [0.717, 1.165) is 5.56 Å². The quantitative estimate of drug-likeness (QED) is 0.654. The third-order valence-corrected chi connectivity index (χ3v) is 4.26. The number of halogens is 1. The highest BCUT2D eigenvalue weighted by Crippen LogP contribution is 2.33. The van der Waals surface area contributed by atoms with Gasteiger partial charge in [0.1, 0.15) is 5.82 Å². The number of amides is 1. The number of aryl methyl sites for hydroxylation is 2. The van der Waals surface area contributed by atoms with E-state index in [2.05, 4.69) is 10.3 Å². The van der Waals surface area contributed by atoms with Crippen LogP contribution >= 0.6 is 0 Å². The van der Waals surface area contributed by atoms with E-state index in [1.807, 2.05) is 6.92 Å². The van der Waals surface area contributed by atoms with Crippen molar-refractivity contribution < 1.29 is 23.1 Å². The predicted octanol–water partition coefficient (Wildman–Crippen LogP) is 4.38. The monoisotopic (exact) mass is 384 g/mol. The minimum Gasteiger partial charge on any atom is -0.493 e. The fraction of sp³-hybridized carbons (Fsp3) is 0.238. The lowest BCUT2D eigenvalue weighted by Gasteiger charge is -2.13. The third kappa shape index (κ3) is 4.31. The van der Waals surface area contributed by atoms with Gasteiger partial charge in [0, 0.05) is 24.6 Å². The van der Waals surface area contributed by atoms with Gasteiger partial charge < -0.3 is 19.2 Å². The Morgan fingerprint density at radius 2 is 1.89 bits per heavy atom. The number of carbonyl (C=O) groups excluding carboxylic acids is 1.